The monoisotopic (exact) mass is 568 g/mol. The van der Waals surface area contributed by atoms with Crippen LogP contribution in [-0.2, 0) is 0 Å². The minimum atomic E-state index is -0.435. The van der Waals surface area contributed by atoms with Crippen LogP contribution < -0.4 is 4.90 Å². The van der Waals surface area contributed by atoms with Gasteiger partial charge in [-0.05, 0) is 81.9 Å². The zero-order chi connectivity index (χ0) is 33.6. The van der Waals surface area contributed by atoms with Crippen LogP contribution in [0, 0.1) is 0 Å². The van der Waals surface area contributed by atoms with Gasteiger partial charge in [-0.25, -0.2) is 0 Å². The van der Waals surface area contributed by atoms with Crippen LogP contribution in [0.5, 0.6) is 0 Å². The second kappa shape index (κ2) is 11.1. The zero-order valence-electron chi connectivity index (χ0n) is 28.7. The Balaban J connectivity index is 1.27. The molecule has 2 nitrogen and oxygen atoms in total. The SMILES string of the molecule is [2H]c1c([2H])c([2H])c(N(c2ccc(-c3ccc(-c4ccccc4)c(-c4ccccc4)c3)cc2)c2ccc3c(c2)oc2ccccc23)c([2H])c1[2H]. The lowest BCUT2D eigenvalue weighted by atomic mass is 9.91. The molecular formula is C42H29NO. The van der Waals surface area contributed by atoms with Crippen LogP contribution in [0.15, 0.2) is 180 Å². The molecule has 0 aliphatic carbocycles. The molecule has 1 heterocycles. The van der Waals surface area contributed by atoms with E-state index < -0.39 is 18.1 Å². The van der Waals surface area contributed by atoms with Gasteiger partial charge in [-0.15, -0.1) is 0 Å². The highest BCUT2D eigenvalue weighted by Gasteiger charge is 2.16. The molecule has 0 saturated carbocycles. The molecule has 8 rings (SSSR count). The van der Waals surface area contributed by atoms with Crippen molar-refractivity contribution in [2.24, 2.45) is 0 Å². The Morgan fingerprint density at radius 2 is 1.02 bits per heavy atom. The quantitative estimate of drug-likeness (QED) is 0.198. The summed E-state index contributed by atoms with van der Waals surface area (Å²) in [5.74, 6) is 0. The first-order valence-corrected chi connectivity index (χ1v) is 14.5. The topological polar surface area (TPSA) is 16.4 Å². The number of nitrogens with zero attached hydrogens (tertiary/aromatic N) is 1. The fourth-order valence-electron chi connectivity index (χ4n) is 5.87. The number of hydrogen-bond acceptors (Lipinski definition) is 2. The van der Waals surface area contributed by atoms with E-state index in [4.69, 9.17) is 11.3 Å². The van der Waals surface area contributed by atoms with E-state index in [-0.39, 0.29) is 17.8 Å². The van der Waals surface area contributed by atoms with Gasteiger partial charge in [0.25, 0.3) is 0 Å². The lowest BCUT2D eigenvalue weighted by Gasteiger charge is -2.25. The van der Waals surface area contributed by atoms with Crippen LogP contribution in [-0.4, -0.2) is 0 Å². The summed E-state index contributed by atoms with van der Waals surface area (Å²) in [7, 11) is 0. The maximum atomic E-state index is 8.85. The fraction of sp³-hybridized carbons (Fsp3) is 0. The zero-order valence-corrected chi connectivity index (χ0v) is 23.7. The molecule has 8 aromatic rings. The molecule has 0 saturated heterocycles. The predicted molar refractivity (Wildman–Crippen MR) is 185 cm³/mol. The van der Waals surface area contributed by atoms with Crippen LogP contribution in [0.4, 0.5) is 17.1 Å². The molecule has 44 heavy (non-hydrogen) atoms. The van der Waals surface area contributed by atoms with E-state index in [0.717, 1.165) is 49.7 Å². The standard InChI is InChI=1S/C42H29NO/c1-4-12-31(13-5-1)37-26-22-33(28-40(37)32-14-6-2-7-15-32)30-20-23-35(24-21-30)43(34-16-8-3-9-17-34)36-25-27-39-38-18-10-11-19-41(38)44-42(39)29-36/h1-29H/i3D,8D,9D,16D,17D. The van der Waals surface area contributed by atoms with Gasteiger partial charge in [0.1, 0.15) is 11.2 Å². The molecule has 0 bridgehead atoms. The Morgan fingerprint density at radius 3 is 1.77 bits per heavy atom. The van der Waals surface area contributed by atoms with E-state index in [0.29, 0.717) is 17.0 Å². The van der Waals surface area contributed by atoms with Gasteiger partial charge in [0.2, 0.25) is 0 Å². The molecule has 0 unspecified atom stereocenters. The van der Waals surface area contributed by atoms with Crippen LogP contribution in [0.3, 0.4) is 0 Å². The van der Waals surface area contributed by atoms with Crippen molar-refractivity contribution >= 4 is 39.0 Å². The summed E-state index contributed by atoms with van der Waals surface area (Å²) in [5.41, 5.74) is 9.23. The van der Waals surface area contributed by atoms with Crippen molar-refractivity contribution in [3.05, 3.63) is 176 Å². The summed E-state index contributed by atoms with van der Waals surface area (Å²) in [6, 6.07) is 46.7. The van der Waals surface area contributed by atoms with Gasteiger partial charge in [-0.3, -0.25) is 0 Å². The first-order valence-electron chi connectivity index (χ1n) is 17.0. The van der Waals surface area contributed by atoms with Crippen molar-refractivity contribution in [2.45, 2.75) is 0 Å². The number of fused-ring (bicyclic) bond motifs is 3. The van der Waals surface area contributed by atoms with Gasteiger partial charge in [-0.1, -0.05) is 121 Å². The van der Waals surface area contributed by atoms with Crippen LogP contribution in [0.25, 0.3) is 55.3 Å². The number of hydrogen-bond donors (Lipinski definition) is 0. The van der Waals surface area contributed by atoms with Crippen LogP contribution in [0.1, 0.15) is 6.85 Å². The Hall–Kier alpha value is -5.86. The summed E-state index contributed by atoms with van der Waals surface area (Å²) in [6.07, 6.45) is 0. The Morgan fingerprint density at radius 1 is 0.409 bits per heavy atom. The normalized spacial score (nSPS) is 12.8. The summed E-state index contributed by atoms with van der Waals surface area (Å²) >= 11 is 0. The lowest BCUT2D eigenvalue weighted by Crippen LogP contribution is -2.09. The summed E-state index contributed by atoms with van der Waals surface area (Å²) < 4.78 is 48.9. The molecule has 0 amide bonds. The third-order valence-electron chi connectivity index (χ3n) is 7.98. The first-order chi connectivity index (χ1) is 23.9. The average molecular weight is 569 g/mol. The van der Waals surface area contributed by atoms with Crippen molar-refractivity contribution in [1.29, 1.82) is 0 Å². The van der Waals surface area contributed by atoms with Crippen molar-refractivity contribution in [3.63, 3.8) is 0 Å². The summed E-state index contributed by atoms with van der Waals surface area (Å²) in [4.78, 5) is 1.71. The van der Waals surface area contributed by atoms with Gasteiger partial charge in [-0.2, -0.15) is 0 Å². The summed E-state index contributed by atoms with van der Waals surface area (Å²) in [5, 5.41) is 1.92. The molecule has 0 radical (unpaired) electrons. The average Bonchev–Trinajstić information content (AvgIpc) is 3.53. The smallest absolute Gasteiger partial charge is 0.137 e. The van der Waals surface area contributed by atoms with E-state index in [2.05, 4.69) is 42.5 Å². The van der Waals surface area contributed by atoms with E-state index in [1.165, 1.54) is 0 Å². The minimum Gasteiger partial charge on any atom is -0.456 e. The van der Waals surface area contributed by atoms with Gasteiger partial charge < -0.3 is 9.32 Å². The Kier molecular flexibility index (Phi) is 5.27. The molecule has 0 fully saturated rings. The molecular weight excluding hydrogens is 534 g/mol. The third-order valence-corrected chi connectivity index (χ3v) is 7.98. The molecule has 0 atom stereocenters. The number of rotatable bonds is 6. The van der Waals surface area contributed by atoms with E-state index in [1.54, 1.807) is 4.90 Å². The molecule has 7 aromatic carbocycles. The van der Waals surface area contributed by atoms with Crippen LogP contribution >= 0.6 is 0 Å². The minimum absolute atomic E-state index is 0.0628. The van der Waals surface area contributed by atoms with Gasteiger partial charge in [0.15, 0.2) is 0 Å². The van der Waals surface area contributed by atoms with Crippen molar-refractivity contribution in [1.82, 2.24) is 0 Å². The van der Waals surface area contributed by atoms with Crippen molar-refractivity contribution in [3.8, 4) is 33.4 Å². The molecule has 0 aliphatic rings. The van der Waals surface area contributed by atoms with Gasteiger partial charge >= 0.3 is 0 Å². The van der Waals surface area contributed by atoms with Gasteiger partial charge in [0.05, 0.1) is 6.85 Å². The van der Waals surface area contributed by atoms with Crippen molar-refractivity contribution < 1.29 is 11.3 Å². The molecule has 0 aliphatic heterocycles. The van der Waals surface area contributed by atoms with Crippen LogP contribution in [0.2, 0.25) is 0 Å². The number of para-hydroxylation sites is 2. The number of furan rings is 1. The molecule has 0 spiro atoms. The van der Waals surface area contributed by atoms with Gasteiger partial charge in [0, 0.05) is 33.9 Å². The molecule has 1 aromatic heterocycles. The van der Waals surface area contributed by atoms with Crippen molar-refractivity contribution in [2.75, 3.05) is 4.90 Å². The molecule has 2 heteroatoms. The maximum absolute atomic E-state index is 8.85. The highest BCUT2D eigenvalue weighted by Crippen LogP contribution is 2.40. The Labute approximate surface area is 264 Å². The largest absolute Gasteiger partial charge is 0.456 e. The molecule has 208 valence electrons. The Bertz CT molecular complexity index is 2460. The maximum Gasteiger partial charge on any atom is 0.137 e. The molecule has 0 N–H and O–H groups in total. The second-order valence-corrected chi connectivity index (χ2v) is 10.6. The van der Waals surface area contributed by atoms with E-state index in [9.17, 15) is 0 Å². The fourth-order valence-corrected chi connectivity index (χ4v) is 5.87. The first kappa shape index (κ1) is 20.9. The van der Waals surface area contributed by atoms with E-state index >= 15 is 0 Å². The highest BCUT2D eigenvalue weighted by molar-refractivity contribution is 6.06. The number of anilines is 3. The lowest BCUT2D eigenvalue weighted by molar-refractivity contribution is 0.669. The summed E-state index contributed by atoms with van der Waals surface area (Å²) in [6.45, 7) is 0. The predicted octanol–water partition coefficient (Wildman–Crippen LogP) is 12.1. The van der Waals surface area contributed by atoms with E-state index in [1.807, 2.05) is 103 Å². The second-order valence-electron chi connectivity index (χ2n) is 10.6. The highest BCUT2D eigenvalue weighted by atomic mass is 16.3. The number of benzene rings is 7. The third kappa shape index (κ3) is 4.73.